The average molecular weight is 459 g/mol. The second kappa shape index (κ2) is 11.3. The number of hydrogen-bond acceptors (Lipinski definition) is 5. The molecule has 1 amide bonds. The third-order valence-electron chi connectivity index (χ3n) is 6.12. The molecule has 2 atom stereocenters. The maximum atomic E-state index is 13.1. The van der Waals surface area contributed by atoms with E-state index in [2.05, 4.69) is 18.5 Å². The van der Waals surface area contributed by atoms with E-state index in [0.717, 1.165) is 31.1 Å². The predicted molar refractivity (Wildman–Crippen MR) is 126 cm³/mol. The van der Waals surface area contributed by atoms with E-state index < -0.39 is 0 Å². The van der Waals surface area contributed by atoms with Crippen molar-refractivity contribution in [2.45, 2.75) is 39.0 Å². The van der Waals surface area contributed by atoms with Crippen LogP contribution in [0, 0.1) is 11.8 Å². The van der Waals surface area contributed by atoms with Crippen LogP contribution in [0.3, 0.4) is 0 Å². The van der Waals surface area contributed by atoms with Crippen LogP contribution in [0.15, 0.2) is 36.9 Å². The Morgan fingerprint density at radius 2 is 2.16 bits per heavy atom. The fourth-order valence-corrected chi connectivity index (χ4v) is 4.40. The van der Waals surface area contributed by atoms with E-state index in [1.165, 1.54) is 0 Å². The average Bonchev–Trinajstić information content (AvgIpc) is 2.81. The molecular weight excluding hydrogens is 428 g/mol. The zero-order valence-electron chi connectivity index (χ0n) is 18.8. The van der Waals surface area contributed by atoms with Gasteiger partial charge in [-0.25, -0.2) is 9.78 Å². The van der Waals surface area contributed by atoms with Crippen LogP contribution in [0.25, 0.3) is 10.9 Å². The second-order valence-corrected chi connectivity index (χ2v) is 8.59. The van der Waals surface area contributed by atoms with Crippen LogP contribution >= 0.6 is 11.6 Å². The SMILES string of the molecule is C=C[C@H]1CN(C(=O)OCCCC)CC[C@H]1CCC(=O)c1cc(Cl)nc2ccc(OC)cc12. The normalized spacial score (nSPS) is 18.4. The third kappa shape index (κ3) is 5.80. The Morgan fingerprint density at radius 1 is 1.34 bits per heavy atom. The fraction of sp³-hybridized carbons (Fsp3) is 0.480. The molecule has 0 saturated carbocycles. The summed E-state index contributed by atoms with van der Waals surface area (Å²) in [5.41, 5.74) is 1.23. The van der Waals surface area contributed by atoms with E-state index in [-0.39, 0.29) is 23.7 Å². The first kappa shape index (κ1) is 24.1. The van der Waals surface area contributed by atoms with Crippen molar-refractivity contribution >= 4 is 34.4 Å². The minimum absolute atomic E-state index is 0.0248. The van der Waals surface area contributed by atoms with Crippen molar-refractivity contribution in [3.63, 3.8) is 0 Å². The standard InChI is InChI=1S/C25H31ClN2O4/c1-4-6-13-32-25(30)28-12-11-18(17(5-2)16-28)7-10-23(29)21-15-24(26)27-22-9-8-19(31-3)14-20(21)22/h5,8-9,14-15,17-18H,2,4,6-7,10-13,16H2,1,3H3/t17-,18+/m0/s1. The van der Waals surface area contributed by atoms with Gasteiger partial charge in [0.2, 0.25) is 0 Å². The van der Waals surface area contributed by atoms with E-state index in [9.17, 15) is 9.59 Å². The van der Waals surface area contributed by atoms with Crippen LogP contribution in [0.4, 0.5) is 4.79 Å². The molecule has 0 unspecified atom stereocenters. The quantitative estimate of drug-likeness (QED) is 0.202. The van der Waals surface area contributed by atoms with Gasteiger partial charge in [-0.1, -0.05) is 31.0 Å². The van der Waals surface area contributed by atoms with E-state index in [1.54, 1.807) is 30.2 Å². The van der Waals surface area contributed by atoms with Crippen molar-refractivity contribution in [3.05, 3.63) is 47.6 Å². The number of fused-ring (bicyclic) bond motifs is 1. The lowest BCUT2D eigenvalue weighted by Crippen LogP contribution is -2.43. The Morgan fingerprint density at radius 3 is 2.88 bits per heavy atom. The molecule has 0 radical (unpaired) electrons. The molecule has 0 N–H and O–H groups in total. The number of ketones is 1. The summed E-state index contributed by atoms with van der Waals surface area (Å²) < 4.78 is 10.7. The van der Waals surface area contributed by atoms with Crippen molar-refractivity contribution in [2.75, 3.05) is 26.8 Å². The van der Waals surface area contributed by atoms with Gasteiger partial charge in [-0.05, 0) is 55.4 Å². The molecule has 2 heterocycles. The Labute approximate surface area is 194 Å². The molecule has 7 heteroatoms. The van der Waals surface area contributed by atoms with Crippen molar-refractivity contribution in [1.29, 1.82) is 0 Å². The molecule has 1 aromatic carbocycles. The van der Waals surface area contributed by atoms with Gasteiger partial charge in [-0.3, -0.25) is 4.79 Å². The second-order valence-electron chi connectivity index (χ2n) is 8.20. The van der Waals surface area contributed by atoms with Gasteiger partial charge >= 0.3 is 6.09 Å². The van der Waals surface area contributed by atoms with Crippen LogP contribution in [0.5, 0.6) is 5.75 Å². The lowest BCUT2D eigenvalue weighted by atomic mass is 9.81. The molecule has 32 heavy (non-hydrogen) atoms. The molecule has 3 rings (SSSR count). The van der Waals surface area contributed by atoms with Gasteiger partial charge in [0.05, 0.1) is 19.2 Å². The Bertz CT molecular complexity index is 978. The number of methoxy groups -OCH3 is 1. The predicted octanol–water partition coefficient (Wildman–Crippen LogP) is 5.92. The highest BCUT2D eigenvalue weighted by molar-refractivity contribution is 6.30. The van der Waals surface area contributed by atoms with E-state index in [4.69, 9.17) is 21.1 Å². The summed E-state index contributed by atoms with van der Waals surface area (Å²) in [6, 6.07) is 7.06. The molecule has 1 aliphatic heterocycles. The van der Waals surface area contributed by atoms with Gasteiger partial charge in [0, 0.05) is 30.5 Å². The van der Waals surface area contributed by atoms with Crippen molar-refractivity contribution < 1.29 is 19.1 Å². The first-order chi connectivity index (χ1) is 15.5. The van der Waals surface area contributed by atoms with Crippen LogP contribution in [0.2, 0.25) is 5.15 Å². The number of ether oxygens (including phenoxy) is 2. The maximum Gasteiger partial charge on any atom is 0.409 e. The summed E-state index contributed by atoms with van der Waals surface area (Å²) >= 11 is 6.17. The van der Waals surface area contributed by atoms with Gasteiger partial charge in [0.1, 0.15) is 10.9 Å². The highest BCUT2D eigenvalue weighted by Gasteiger charge is 2.31. The molecule has 172 valence electrons. The molecular formula is C25H31ClN2O4. The number of piperidine rings is 1. The number of unbranched alkanes of at least 4 members (excludes halogenated alkanes) is 1. The van der Waals surface area contributed by atoms with Gasteiger partial charge in [-0.2, -0.15) is 0 Å². The fourth-order valence-electron chi connectivity index (χ4n) is 4.20. The van der Waals surface area contributed by atoms with Gasteiger partial charge in [-0.15, -0.1) is 6.58 Å². The monoisotopic (exact) mass is 458 g/mol. The lowest BCUT2D eigenvalue weighted by molar-refractivity contribution is 0.0730. The number of carbonyl (C=O) groups is 2. The summed E-state index contributed by atoms with van der Waals surface area (Å²) in [6.07, 6.45) is 5.43. The Balaban J connectivity index is 1.65. The van der Waals surface area contributed by atoms with E-state index in [0.29, 0.717) is 48.1 Å². The number of benzene rings is 1. The summed E-state index contributed by atoms with van der Waals surface area (Å²) in [7, 11) is 1.59. The van der Waals surface area contributed by atoms with E-state index in [1.807, 2.05) is 12.1 Å². The number of aromatic nitrogens is 1. The van der Waals surface area contributed by atoms with Crippen LogP contribution in [-0.2, 0) is 4.74 Å². The molecule has 1 saturated heterocycles. The molecule has 0 aliphatic carbocycles. The summed E-state index contributed by atoms with van der Waals surface area (Å²) in [5, 5.41) is 1.04. The van der Waals surface area contributed by atoms with Gasteiger partial charge in [0.25, 0.3) is 0 Å². The third-order valence-corrected chi connectivity index (χ3v) is 6.31. The van der Waals surface area contributed by atoms with Crippen LogP contribution in [0.1, 0.15) is 49.4 Å². The molecule has 1 aromatic heterocycles. The first-order valence-corrected chi connectivity index (χ1v) is 11.6. The number of rotatable bonds is 9. The zero-order chi connectivity index (χ0) is 23.1. The summed E-state index contributed by atoms with van der Waals surface area (Å²) in [4.78, 5) is 31.5. The molecule has 0 spiro atoms. The largest absolute Gasteiger partial charge is 0.497 e. The van der Waals surface area contributed by atoms with Gasteiger partial charge < -0.3 is 14.4 Å². The maximum absolute atomic E-state index is 13.1. The number of likely N-dealkylation sites (tertiary alicyclic amines) is 1. The smallest absolute Gasteiger partial charge is 0.409 e. The van der Waals surface area contributed by atoms with Crippen molar-refractivity contribution in [2.24, 2.45) is 11.8 Å². The molecule has 0 bridgehead atoms. The number of nitrogens with zero attached hydrogens (tertiary/aromatic N) is 2. The summed E-state index contributed by atoms with van der Waals surface area (Å²) in [5.74, 6) is 1.11. The number of Topliss-reactive ketones (excluding diaryl/α,β-unsaturated/α-hetero) is 1. The minimum Gasteiger partial charge on any atom is -0.497 e. The van der Waals surface area contributed by atoms with Crippen LogP contribution < -0.4 is 4.74 Å². The van der Waals surface area contributed by atoms with Crippen LogP contribution in [-0.4, -0.2) is 48.6 Å². The van der Waals surface area contributed by atoms with Crippen molar-refractivity contribution in [3.8, 4) is 5.75 Å². The number of amides is 1. The Hall–Kier alpha value is -2.60. The number of halogens is 1. The number of pyridine rings is 1. The highest BCUT2D eigenvalue weighted by Crippen LogP contribution is 2.31. The van der Waals surface area contributed by atoms with E-state index >= 15 is 0 Å². The van der Waals surface area contributed by atoms with Crippen molar-refractivity contribution in [1.82, 2.24) is 9.88 Å². The van der Waals surface area contributed by atoms with Gasteiger partial charge in [0.15, 0.2) is 5.78 Å². The molecule has 1 fully saturated rings. The first-order valence-electron chi connectivity index (χ1n) is 11.2. The molecule has 1 aliphatic rings. The lowest BCUT2D eigenvalue weighted by Gasteiger charge is -2.36. The number of hydrogen-bond donors (Lipinski definition) is 0. The topological polar surface area (TPSA) is 68.7 Å². The highest BCUT2D eigenvalue weighted by atomic mass is 35.5. The zero-order valence-corrected chi connectivity index (χ0v) is 19.6. The summed E-state index contributed by atoms with van der Waals surface area (Å²) in [6.45, 7) is 7.69. The number of carbonyl (C=O) groups excluding carboxylic acids is 2. The molecule has 6 nitrogen and oxygen atoms in total. The minimum atomic E-state index is -0.258. The Kier molecular flexibility index (Phi) is 8.51. The molecule has 2 aromatic rings.